The van der Waals surface area contributed by atoms with Crippen LogP contribution in [0, 0.1) is 12.8 Å². The van der Waals surface area contributed by atoms with Crippen LogP contribution in [-0.4, -0.2) is 89.7 Å². The minimum atomic E-state index is -3.76. The number of nitrogens with one attached hydrogen (secondary N) is 1. The summed E-state index contributed by atoms with van der Waals surface area (Å²) in [6.45, 7) is 4.44. The maximum Gasteiger partial charge on any atom is 0.243 e. The van der Waals surface area contributed by atoms with Crippen molar-refractivity contribution in [3.63, 3.8) is 0 Å². The average Bonchev–Trinajstić information content (AvgIpc) is 2.89. The number of ether oxygens (including phenoxy) is 1. The van der Waals surface area contributed by atoms with E-state index in [1.807, 2.05) is 7.05 Å². The van der Waals surface area contributed by atoms with E-state index in [-0.39, 0.29) is 22.2 Å². The topological polar surface area (TPSA) is 116 Å². The first-order chi connectivity index (χ1) is 17.5. The third kappa shape index (κ3) is 5.99. The van der Waals surface area contributed by atoms with Gasteiger partial charge < -0.3 is 15.0 Å². The monoisotopic (exact) mass is 550 g/mol. The van der Waals surface area contributed by atoms with E-state index in [0.29, 0.717) is 62.6 Å². The smallest absolute Gasteiger partial charge is 0.243 e. The fourth-order valence-corrected chi connectivity index (χ4v) is 7.70. The summed E-state index contributed by atoms with van der Waals surface area (Å²) in [5.74, 6) is -0.200. The molecule has 2 aliphatic heterocycles. The van der Waals surface area contributed by atoms with E-state index >= 15 is 0 Å². The molecule has 2 fully saturated rings. The number of likely N-dealkylation sites (N-methyl/N-ethyl adjacent to an activating group) is 1. The number of hydrogen-bond acceptors (Lipinski definition) is 7. The molecule has 0 aliphatic carbocycles. The Bertz CT molecular complexity index is 1340. The minimum absolute atomic E-state index is 0.0785. The van der Waals surface area contributed by atoms with Crippen LogP contribution in [0.1, 0.15) is 18.4 Å². The lowest BCUT2D eigenvalue weighted by atomic mass is 9.99. The van der Waals surface area contributed by atoms with Crippen LogP contribution in [0.15, 0.2) is 52.3 Å². The quantitative estimate of drug-likeness (QED) is 0.560. The van der Waals surface area contributed by atoms with Gasteiger partial charge in [0.2, 0.25) is 26.0 Å². The molecule has 0 unspecified atom stereocenters. The number of carbonyl (C=O) groups is 1. The van der Waals surface area contributed by atoms with Gasteiger partial charge in [0, 0.05) is 45.0 Å². The third-order valence-corrected chi connectivity index (χ3v) is 10.8. The van der Waals surface area contributed by atoms with E-state index in [0.717, 1.165) is 0 Å². The van der Waals surface area contributed by atoms with Crippen LogP contribution < -0.4 is 10.1 Å². The van der Waals surface area contributed by atoms with Crippen LogP contribution in [0.2, 0.25) is 0 Å². The van der Waals surface area contributed by atoms with Gasteiger partial charge in [-0.25, -0.2) is 16.8 Å². The highest BCUT2D eigenvalue weighted by Crippen LogP contribution is 2.28. The Balaban J connectivity index is 1.41. The second kappa shape index (κ2) is 11.1. The molecule has 37 heavy (non-hydrogen) atoms. The van der Waals surface area contributed by atoms with Crippen LogP contribution in [0.3, 0.4) is 0 Å². The third-order valence-electron chi connectivity index (χ3n) is 6.98. The molecule has 1 amide bonds. The van der Waals surface area contributed by atoms with E-state index < -0.39 is 26.0 Å². The summed E-state index contributed by atoms with van der Waals surface area (Å²) in [4.78, 5) is 15.4. The van der Waals surface area contributed by atoms with Crippen molar-refractivity contribution in [3.05, 3.63) is 48.0 Å². The molecule has 202 valence electrons. The van der Waals surface area contributed by atoms with E-state index in [4.69, 9.17) is 4.74 Å². The van der Waals surface area contributed by atoms with Gasteiger partial charge >= 0.3 is 0 Å². The largest absolute Gasteiger partial charge is 0.496 e. The Morgan fingerprint density at radius 3 is 2.14 bits per heavy atom. The van der Waals surface area contributed by atoms with Crippen LogP contribution in [0.5, 0.6) is 5.75 Å². The summed E-state index contributed by atoms with van der Waals surface area (Å²) in [6, 6.07) is 10.8. The molecule has 0 saturated carbocycles. The fourth-order valence-electron chi connectivity index (χ4n) is 4.67. The van der Waals surface area contributed by atoms with Crippen molar-refractivity contribution in [2.75, 3.05) is 58.7 Å². The second-order valence-corrected chi connectivity index (χ2v) is 13.4. The van der Waals surface area contributed by atoms with Crippen LogP contribution in [0.25, 0.3) is 0 Å². The molecule has 12 heteroatoms. The van der Waals surface area contributed by atoms with E-state index in [1.54, 1.807) is 31.2 Å². The highest BCUT2D eigenvalue weighted by atomic mass is 32.2. The molecule has 4 rings (SSSR count). The lowest BCUT2D eigenvalue weighted by molar-refractivity contribution is -0.120. The van der Waals surface area contributed by atoms with Gasteiger partial charge in [0.05, 0.1) is 22.8 Å². The van der Waals surface area contributed by atoms with Crippen molar-refractivity contribution in [2.45, 2.75) is 29.6 Å². The molecule has 2 aromatic rings. The summed E-state index contributed by atoms with van der Waals surface area (Å²) in [5.41, 5.74) is 1.18. The van der Waals surface area contributed by atoms with Gasteiger partial charge in [-0.1, -0.05) is 0 Å². The van der Waals surface area contributed by atoms with Gasteiger partial charge in [-0.2, -0.15) is 8.61 Å². The van der Waals surface area contributed by atoms with Crippen molar-refractivity contribution in [3.8, 4) is 5.75 Å². The number of piperazine rings is 1. The van der Waals surface area contributed by atoms with Crippen molar-refractivity contribution >= 4 is 31.6 Å². The number of piperidine rings is 1. The first-order valence-corrected chi connectivity index (χ1v) is 15.1. The van der Waals surface area contributed by atoms with Gasteiger partial charge in [-0.3, -0.25) is 4.79 Å². The first kappa shape index (κ1) is 27.5. The molecule has 2 aliphatic rings. The fraction of sp³-hybridized carbons (Fsp3) is 0.480. The maximum absolute atomic E-state index is 13.2. The van der Waals surface area contributed by atoms with Crippen LogP contribution >= 0.6 is 0 Å². The van der Waals surface area contributed by atoms with Gasteiger partial charge in [-0.05, 0) is 74.8 Å². The number of amides is 1. The summed E-state index contributed by atoms with van der Waals surface area (Å²) < 4.78 is 60.4. The molecular weight excluding hydrogens is 516 g/mol. The Hall–Kier alpha value is -2.51. The number of nitrogens with zero attached hydrogens (tertiary/aromatic N) is 3. The summed E-state index contributed by atoms with van der Waals surface area (Å²) in [5, 5.41) is 2.82. The van der Waals surface area contributed by atoms with Gasteiger partial charge in [0.1, 0.15) is 5.75 Å². The Labute approximate surface area is 219 Å². The van der Waals surface area contributed by atoms with E-state index in [1.165, 1.54) is 33.9 Å². The number of aryl methyl sites for hydroxylation is 1. The van der Waals surface area contributed by atoms with Crippen molar-refractivity contribution in [1.82, 2.24) is 13.5 Å². The SMILES string of the molecule is COc1ccc(S(=O)(=O)N2CCC[C@@H](C(=O)Nc3ccc(S(=O)(=O)N4CCN(C)CC4)cc3)C2)cc1C. The molecule has 0 aromatic heterocycles. The number of methoxy groups -OCH3 is 1. The standard InChI is InChI=1S/C25H34N4O6S2/c1-19-17-23(10-11-24(19)35-3)37(33,34)29-12-4-5-20(18-29)25(30)26-21-6-8-22(9-7-21)36(31,32)28-15-13-27(2)14-16-28/h6-11,17,20H,4-5,12-16,18H2,1-3H3,(H,26,30)/t20-/m1/s1. The highest BCUT2D eigenvalue weighted by Gasteiger charge is 2.34. The molecule has 2 aromatic carbocycles. The Morgan fingerprint density at radius 1 is 0.892 bits per heavy atom. The normalized spacial score (nSPS) is 20.5. The van der Waals surface area contributed by atoms with Crippen molar-refractivity contribution in [2.24, 2.45) is 5.92 Å². The number of benzene rings is 2. The lowest BCUT2D eigenvalue weighted by Gasteiger charge is -2.31. The van der Waals surface area contributed by atoms with Gasteiger partial charge in [0.15, 0.2) is 0 Å². The molecule has 10 nitrogen and oxygen atoms in total. The summed E-state index contributed by atoms with van der Waals surface area (Å²) in [6.07, 6.45) is 1.13. The zero-order chi connectivity index (χ0) is 26.8. The molecule has 0 bridgehead atoms. The zero-order valence-corrected chi connectivity index (χ0v) is 23.0. The number of rotatable bonds is 7. The molecular formula is C25H34N4O6S2. The first-order valence-electron chi connectivity index (χ1n) is 12.3. The minimum Gasteiger partial charge on any atom is -0.496 e. The van der Waals surface area contributed by atoms with E-state index in [2.05, 4.69) is 10.2 Å². The van der Waals surface area contributed by atoms with Gasteiger partial charge in [-0.15, -0.1) is 0 Å². The number of carbonyl (C=O) groups excluding carboxylic acids is 1. The maximum atomic E-state index is 13.2. The molecule has 0 spiro atoms. The Kier molecular flexibility index (Phi) is 8.24. The predicted octanol–water partition coefficient (Wildman–Crippen LogP) is 1.98. The number of hydrogen-bond donors (Lipinski definition) is 1. The number of sulfonamides is 2. The van der Waals surface area contributed by atoms with Gasteiger partial charge in [0.25, 0.3) is 0 Å². The zero-order valence-electron chi connectivity index (χ0n) is 21.4. The Morgan fingerprint density at radius 2 is 1.51 bits per heavy atom. The average molecular weight is 551 g/mol. The number of anilines is 1. The van der Waals surface area contributed by atoms with Crippen molar-refractivity contribution < 1.29 is 26.4 Å². The van der Waals surface area contributed by atoms with Crippen LogP contribution in [-0.2, 0) is 24.8 Å². The molecule has 1 atom stereocenters. The molecule has 2 heterocycles. The van der Waals surface area contributed by atoms with Crippen molar-refractivity contribution in [1.29, 1.82) is 0 Å². The molecule has 0 radical (unpaired) electrons. The second-order valence-electron chi connectivity index (χ2n) is 9.55. The predicted molar refractivity (Wildman–Crippen MR) is 141 cm³/mol. The van der Waals surface area contributed by atoms with Crippen LogP contribution in [0.4, 0.5) is 5.69 Å². The molecule has 2 saturated heterocycles. The summed E-state index contributed by atoms with van der Waals surface area (Å²) >= 11 is 0. The lowest BCUT2D eigenvalue weighted by Crippen LogP contribution is -2.47. The highest BCUT2D eigenvalue weighted by molar-refractivity contribution is 7.89. The van der Waals surface area contributed by atoms with E-state index in [9.17, 15) is 21.6 Å². The molecule has 1 N–H and O–H groups in total. The summed E-state index contributed by atoms with van der Waals surface area (Å²) in [7, 11) is -3.86.